The summed E-state index contributed by atoms with van der Waals surface area (Å²) in [6.07, 6.45) is 0.493. The summed E-state index contributed by atoms with van der Waals surface area (Å²) in [5.41, 5.74) is 0.450. The van der Waals surface area contributed by atoms with Gasteiger partial charge in [0.25, 0.3) is 0 Å². The van der Waals surface area contributed by atoms with Gasteiger partial charge in [0.15, 0.2) is 11.6 Å². The topological polar surface area (TPSA) is 0 Å². The maximum Gasteiger partial charge on any atom is 0.162 e. The van der Waals surface area contributed by atoms with Gasteiger partial charge >= 0.3 is 0 Å². The molecule has 0 aromatic heterocycles. The number of benzene rings is 1. The van der Waals surface area contributed by atoms with Gasteiger partial charge in [0, 0.05) is 4.83 Å². The zero-order valence-corrected chi connectivity index (χ0v) is 10.7. The van der Waals surface area contributed by atoms with Crippen molar-refractivity contribution in [1.82, 2.24) is 0 Å². The van der Waals surface area contributed by atoms with E-state index in [1.807, 2.05) is 0 Å². The molecule has 1 rings (SSSR count). The molecule has 0 aliphatic heterocycles. The van der Waals surface area contributed by atoms with E-state index in [0.717, 1.165) is 6.07 Å². The second kappa shape index (κ2) is 4.60. The molecular weight excluding hydrogens is 262 g/mol. The molecule has 0 saturated heterocycles. The maximum absolute atomic E-state index is 13.4. The van der Waals surface area contributed by atoms with Crippen molar-refractivity contribution in [2.75, 3.05) is 0 Å². The van der Waals surface area contributed by atoms with Crippen LogP contribution in [0.5, 0.6) is 0 Å². The number of rotatable bonds is 2. The number of alkyl halides is 1. The van der Waals surface area contributed by atoms with Crippen LogP contribution in [0.2, 0.25) is 0 Å². The van der Waals surface area contributed by atoms with E-state index < -0.39 is 11.6 Å². The molecule has 0 spiro atoms. The molecule has 0 aliphatic rings. The molecule has 1 aromatic carbocycles. The second-order valence-corrected chi connectivity index (χ2v) is 5.86. The largest absolute Gasteiger partial charge is 0.204 e. The molecule has 0 amide bonds. The third kappa shape index (κ3) is 3.26. The van der Waals surface area contributed by atoms with Crippen molar-refractivity contribution < 1.29 is 8.78 Å². The highest BCUT2D eigenvalue weighted by molar-refractivity contribution is 9.09. The molecule has 0 N–H and O–H groups in total. The van der Waals surface area contributed by atoms with E-state index in [4.69, 9.17) is 0 Å². The van der Waals surface area contributed by atoms with Crippen LogP contribution >= 0.6 is 15.9 Å². The molecule has 0 heterocycles. The van der Waals surface area contributed by atoms with Crippen LogP contribution in [0.3, 0.4) is 0 Å². The van der Waals surface area contributed by atoms with Gasteiger partial charge in [0.05, 0.1) is 0 Å². The van der Waals surface area contributed by atoms with E-state index in [1.54, 1.807) is 6.07 Å². The summed E-state index contributed by atoms with van der Waals surface area (Å²) in [6.45, 7) is 6.18. The number of halogens is 3. The first-order chi connectivity index (χ1) is 6.82. The number of hydrogen-bond donors (Lipinski definition) is 0. The molecule has 1 unspecified atom stereocenters. The van der Waals surface area contributed by atoms with E-state index in [1.165, 1.54) is 6.07 Å². The van der Waals surface area contributed by atoms with E-state index >= 15 is 0 Å². The van der Waals surface area contributed by atoms with Crippen LogP contribution in [0.1, 0.15) is 26.3 Å². The van der Waals surface area contributed by atoms with Gasteiger partial charge in [-0.1, -0.05) is 48.8 Å². The third-order valence-corrected chi connectivity index (χ3v) is 4.07. The highest BCUT2D eigenvalue weighted by Gasteiger charge is 2.23. The quantitative estimate of drug-likeness (QED) is 0.706. The van der Waals surface area contributed by atoms with Crippen molar-refractivity contribution in [2.45, 2.75) is 32.0 Å². The van der Waals surface area contributed by atoms with E-state index in [-0.39, 0.29) is 10.2 Å². The fourth-order valence-corrected chi connectivity index (χ4v) is 1.55. The third-order valence-electron chi connectivity index (χ3n) is 2.37. The normalized spacial score (nSPS) is 14.0. The highest BCUT2D eigenvalue weighted by Crippen LogP contribution is 2.29. The standard InChI is InChI=1S/C12H15BrF2/c1-12(2,3)10(13)7-8-5-4-6-9(14)11(8)15/h4-6,10H,7H2,1-3H3. The Balaban J connectivity index is 2.86. The van der Waals surface area contributed by atoms with Crippen LogP contribution in [0.4, 0.5) is 8.78 Å². The highest BCUT2D eigenvalue weighted by atomic mass is 79.9. The predicted molar refractivity (Wildman–Crippen MR) is 62.2 cm³/mol. The fourth-order valence-electron chi connectivity index (χ4n) is 1.21. The summed E-state index contributed by atoms with van der Waals surface area (Å²) in [4.78, 5) is 0.126. The Hall–Kier alpha value is -0.440. The van der Waals surface area contributed by atoms with Crippen molar-refractivity contribution in [3.63, 3.8) is 0 Å². The van der Waals surface area contributed by atoms with Gasteiger partial charge in [-0.2, -0.15) is 0 Å². The predicted octanol–water partition coefficient (Wildman–Crippen LogP) is 4.32. The minimum absolute atomic E-state index is 0.0265. The van der Waals surface area contributed by atoms with E-state index in [9.17, 15) is 8.78 Å². The zero-order chi connectivity index (χ0) is 11.6. The summed E-state index contributed by atoms with van der Waals surface area (Å²) in [5, 5.41) is 0. The first-order valence-electron chi connectivity index (χ1n) is 4.89. The molecule has 3 heteroatoms. The van der Waals surface area contributed by atoms with Gasteiger partial charge in [-0.15, -0.1) is 0 Å². The smallest absolute Gasteiger partial charge is 0.162 e. The lowest BCUT2D eigenvalue weighted by atomic mass is 9.88. The van der Waals surface area contributed by atoms with Crippen molar-refractivity contribution in [3.8, 4) is 0 Å². The van der Waals surface area contributed by atoms with Crippen LogP contribution in [-0.2, 0) is 6.42 Å². The second-order valence-electron chi connectivity index (χ2n) is 4.75. The Morgan fingerprint density at radius 2 is 1.87 bits per heavy atom. The summed E-state index contributed by atoms with van der Waals surface area (Å²) in [7, 11) is 0. The summed E-state index contributed by atoms with van der Waals surface area (Å²) < 4.78 is 26.3. The summed E-state index contributed by atoms with van der Waals surface area (Å²) in [5.74, 6) is -1.51. The minimum Gasteiger partial charge on any atom is -0.204 e. The van der Waals surface area contributed by atoms with Crippen molar-refractivity contribution in [3.05, 3.63) is 35.4 Å². The Labute approximate surface area is 97.8 Å². The molecule has 1 aromatic rings. The molecule has 0 radical (unpaired) electrons. The molecule has 84 valence electrons. The number of hydrogen-bond acceptors (Lipinski definition) is 0. The summed E-state index contributed by atoms with van der Waals surface area (Å²) in [6, 6.07) is 4.30. The van der Waals surface area contributed by atoms with Gasteiger partial charge in [-0.25, -0.2) is 8.78 Å². The first kappa shape index (κ1) is 12.6. The average Bonchev–Trinajstić information content (AvgIpc) is 2.11. The van der Waals surface area contributed by atoms with E-state index in [2.05, 4.69) is 36.7 Å². The van der Waals surface area contributed by atoms with Crippen LogP contribution in [-0.4, -0.2) is 4.83 Å². The Kier molecular flexibility index (Phi) is 3.87. The van der Waals surface area contributed by atoms with Crippen molar-refractivity contribution in [2.24, 2.45) is 5.41 Å². The SMILES string of the molecule is CC(C)(C)C(Br)Cc1cccc(F)c1F. The average molecular weight is 277 g/mol. The Morgan fingerprint density at radius 1 is 1.27 bits per heavy atom. The maximum atomic E-state index is 13.4. The van der Waals surface area contributed by atoms with Crippen molar-refractivity contribution in [1.29, 1.82) is 0 Å². The molecule has 0 saturated carbocycles. The monoisotopic (exact) mass is 276 g/mol. The molecular formula is C12H15BrF2. The molecule has 0 bridgehead atoms. The summed E-state index contributed by atoms with van der Waals surface area (Å²) >= 11 is 3.50. The van der Waals surface area contributed by atoms with Gasteiger partial charge in [0.1, 0.15) is 0 Å². The van der Waals surface area contributed by atoms with Gasteiger partial charge < -0.3 is 0 Å². The van der Waals surface area contributed by atoms with Crippen LogP contribution in [0.25, 0.3) is 0 Å². The van der Waals surface area contributed by atoms with Crippen LogP contribution < -0.4 is 0 Å². The van der Waals surface area contributed by atoms with Crippen LogP contribution in [0, 0.1) is 17.0 Å². The Morgan fingerprint density at radius 3 is 2.40 bits per heavy atom. The lowest BCUT2D eigenvalue weighted by Crippen LogP contribution is -2.23. The van der Waals surface area contributed by atoms with Crippen LogP contribution in [0.15, 0.2) is 18.2 Å². The van der Waals surface area contributed by atoms with Gasteiger partial charge in [0.2, 0.25) is 0 Å². The lowest BCUT2D eigenvalue weighted by Gasteiger charge is -2.25. The molecule has 0 fully saturated rings. The minimum atomic E-state index is -0.777. The van der Waals surface area contributed by atoms with Gasteiger partial charge in [-0.3, -0.25) is 0 Å². The van der Waals surface area contributed by atoms with Gasteiger partial charge in [-0.05, 0) is 23.5 Å². The molecule has 15 heavy (non-hydrogen) atoms. The molecule has 1 atom stereocenters. The lowest BCUT2D eigenvalue weighted by molar-refractivity contribution is 0.392. The van der Waals surface area contributed by atoms with E-state index in [0.29, 0.717) is 12.0 Å². The molecule has 0 aliphatic carbocycles. The van der Waals surface area contributed by atoms with Crippen molar-refractivity contribution >= 4 is 15.9 Å². The fraction of sp³-hybridized carbons (Fsp3) is 0.500. The zero-order valence-electron chi connectivity index (χ0n) is 9.15. The molecule has 0 nitrogen and oxygen atoms in total. The Bertz CT molecular complexity index is 342. The first-order valence-corrected chi connectivity index (χ1v) is 5.81.